The van der Waals surface area contributed by atoms with E-state index in [4.69, 9.17) is 34.0 Å². The van der Waals surface area contributed by atoms with E-state index in [-0.39, 0.29) is 18.2 Å². The molecule has 1 amide bonds. The molecule has 1 saturated carbocycles. The highest BCUT2D eigenvalue weighted by Crippen LogP contribution is 2.42. The summed E-state index contributed by atoms with van der Waals surface area (Å²) in [4.78, 5) is 13.9. The average Bonchev–Trinajstić information content (AvgIpc) is 3.79. The molecule has 1 aliphatic carbocycles. The third kappa shape index (κ3) is 5.89. The fourth-order valence-electron chi connectivity index (χ4n) is 6.62. The van der Waals surface area contributed by atoms with E-state index >= 15 is 0 Å². The Labute approximate surface area is 262 Å². The second-order valence-corrected chi connectivity index (χ2v) is 12.8. The molecule has 0 atom stereocenters. The molecule has 0 bridgehead atoms. The van der Waals surface area contributed by atoms with Gasteiger partial charge in [-0.05, 0) is 96.5 Å². The van der Waals surface area contributed by atoms with Gasteiger partial charge in [0.05, 0.1) is 23.7 Å². The third-order valence-electron chi connectivity index (χ3n) is 8.93. The number of nitrogens with zero attached hydrogens (tertiary/aromatic N) is 3. The van der Waals surface area contributed by atoms with Gasteiger partial charge in [0.15, 0.2) is 0 Å². The zero-order chi connectivity index (χ0) is 29.5. The van der Waals surface area contributed by atoms with Crippen LogP contribution in [0, 0.1) is 0 Å². The standard InChI is InChI=1S/C36H34Cl2N4O/c37-28-9-4-24(5-10-28)35(25-6-11-29(38)12-7-25)27-8-15-33-32(22-27)36(40-42(33)30-13-14-30)26-16-18-41(19-17-26)31-3-1-2-23(20-31)21-34(39)43/h1-12,15,20,22,26,30,35H,13-14,16-19,21H2,(H2,39,43). The average molecular weight is 610 g/mol. The lowest BCUT2D eigenvalue weighted by atomic mass is 9.84. The number of amides is 1. The fraction of sp³-hybridized carbons (Fsp3) is 0.278. The highest BCUT2D eigenvalue weighted by atomic mass is 35.5. The van der Waals surface area contributed by atoms with E-state index in [1.54, 1.807) is 0 Å². The van der Waals surface area contributed by atoms with Gasteiger partial charge in [0.25, 0.3) is 0 Å². The van der Waals surface area contributed by atoms with Gasteiger partial charge >= 0.3 is 0 Å². The second kappa shape index (κ2) is 11.7. The number of carbonyl (C=O) groups excluding carboxylic acids is 1. The van der Waals surface area contributed by atoms with Gasteiger partial charge in [0.2, 0.25) is 5.91 Å². The Morgan fingerprint density at radius 1 is 0.814 bits per heavy atom. The molecule has 2 aliphatic rings. The van der Waals surface area contributed by atoms with Crippen molar-refractivity contribution in [1.82, 2.24) is 9.78 Å². The molecule has 1 aliphatic heterocycles. The van der Waals surface area contributed by atoms with Gasteiger partial charge < -0.3 is 10.6 Å². The van der Waals surface area contributed by atoms with Crippen molar-refractivity contribution in [3.8, 4) is 0 Å². The molecular weight excluding hydrogens is 575 g/mol. The molecule has 5 aromatic rings. The molecule has 43 heavy (non-hydrogen) atoms. The molecule has 2 N–H and O–H groups in total. The molecule has 0 unspecified atom stereocenters. The van der Waals surface area contributed by atoms with Gasteiger partial charge in [0.1, 0.15) is 0 Å². The number of primary amides is 1. The summed E-state index contributed by atoms with van der Waals surface area (Å²) in [7, 11) is 0. The number of carbonyl (C=O) groups is 1. The molecule has 7 heteroatoms. The Balaban J connectivity index is 1.23. The van der Waals surface area contributed by atoms with Crippen LogP contribution in [0.25, 0.3) is 10.9 Å². The first-order chi connectivity index (χ1) is 20.9. The lowest BCUT2D eigenvalue weighted by Crippen LogP contribution is -2.33. The SMILES string of the molecule is NC(=O)Cc1cccc(N2CCC(c3nn(C4CC4)c4ccc(C(c5ccc(Cl)cc5)c5ccc(Cl)cc5)cc34)CC2)c1. The van der Waals surface area contributed by atoms with Crippen molar-refractivity contribution in [2.45, 2.75) is 50.0 Å². The maximum Gasteiger partial charge on any atom is 0.221 e. The van der Waals surface area contributed by atoms with Crippen LogP contribution in [0.5, 0.6) is 0 Å². The van der Waals surface area contributed by atoms with Gasteiger partial charge in [-0.1, -0.05) is 65.7 Å². The predicted octanol–water partition coefficient (Wildman–Crippen LogP) is 8.27. The summed E-state index contributed by atoms with van der Waals surface area (Å²) in [5, 5.41) is 8.02. The molecule has 1 aromatic heterocycles. The van der Waals surface area contributed by atoms with Gasteiger partial charge in [-0.25, -0.2) is 0 Å². The maximum atomic E-state index is 11.5. The molecule has 218 valence electrons. The zero-order valence-electron chi connectivity index (χ0n) is 23.9. The van der Waals surface area contributed by atoms with Crippen LogP contribution in [-0.4, -0.2) is 28.8 Å². The van der Waals surface area contributed by atoms with Crippen molar-refractivity contribution in [3.63, 3.8) is 0 Å². The molecule has 2 heterocycles. The minimum absolute atomic E-state index is 0.0468. The van der Waals surface area contributed by atoms with Crippen LogP contribution in [0.2, 0.25) is 10.0 Å². The number of fused-ring (bicyclic) bond motifs is 1. The van der Waals surface area contributed by atoms with Crippen molar-refractivity contribution >= 4 is 45.7 Å². The van der Waals surface area contributed by atoms with E-state index in [0.29, 0.717) is 12.0 Å². The number of aromatic nitrogens is 2. The predicted molar refractivity (Wildman–Crippen MR) is 175 cm³/mol. The van der Waals surface area contributed by atoms with E-state index in [9.17, 15) is 4.79 Å². The van der Waals surface area contributed by atoms with Crippen molar-refractivity contribution in [2.75, 3.05) is 18.0 Å². The first kappa shape index (κ1) is 28.0. The number of piperidine rings is 1. The first-order valence-electron chi connectivity index (χ1n) is 15.1. The molecular formula is C36H34Cl2N4O. The fourth-order valence-corrected chi connectivity index (χ4v) is 6.88. The van der Waals surface area contributed by atoms with Crippen LogP contribution in [0.1, 0.15) is 71.5 Å². The number of anilines is 1. The van der Waals surface area contributed by atoms with E-state index in [1.165, 1.54) is 46.1 Å². The third-order valence-corrected chi connectivity index (χ3v) is 9.43. The molecule has 4 aromatic carbocycles. The van der Waals surface area contributed by atoms with Crippen molar-refractivity contribution in [3.05, 3.63) is 129 Å². The lowest BCUT2D eigenvalue weighted by molar-refractivity contribution is -0.117. The number of nitrogens with two attached hydrogens (primary N) is 1. The first-order valence-corrected chi connectivity index (χ1v) is 15.8. The van der Waals surface area contributed by atoms with Crippen LogP contribution >= 0.6 is 23.2 Å². The molecule has 1 saturated heterocycles. The van der Waals surface area contributed by atoms with Gasteiger partial charge in [-0.15, -0.1) is 0 Å². The number of benzene rings is 4. The van der Waals surface area contributed by atoms with Gasteiger partial charge in [0, 0.05) is 46.0 Å². The number of halogens is 2. The minimum Gasteiger partial charge on any atom is -0.371 e. The summed E-state index contributed by atoms with van der Waals surface area (Å²) in [5.41, 5.74) is 13.6. The Morgan fingerprint density at radius 3 is 2.05 bits per heavy atom. The van der Waals surface area contributed by atoms with E-state index in [0.717, 1.165) is 47.2 Å². The van der Waals surface area contributed by atoms with E-state index in [1.807, 2.05) is 36.4 Å². The summed E-state index contributed by atoms with van der Waals surface area (Å²) < 4.78 is 2.29. The van der Waals surface area contributed by atoms with Crippen LogP contribution in [-0.2, 0) is 11.2 Å². The van der Waals surface area contributed by atoms with E-state index < -0.39 is 0 Å². The van der Waals surface area contributed by atoms with E-state index in [2.05, 4.69) is 64.2 Å². The Hall–Kier alpha value is -3.80. The van der Waals surface area contributed by atoms with Crippen LogP contribution in [0.3, 0.4) is 0 Å². The second-order valence-electron chi connectivity index (χ2n) is 11.9. The molecule has 0 spiro atoms. The number of hydrogen-bond acceptors (Lipinski definition) is 3. The quantitative estimate of drug-likeness (QED) is 0.180. The highest BCUT2D eigenvalue weighted by Gasteiger charge is 2.31. The summed E-state index contributed by atoms with van der Waals surface area (Å²) in [6.07, 6.45) is 4.70. The van der Waals surface area contributed by atoms with Crippen LogP contribution in [0.15, 0.2) is 91.0 Å². The van der Waals surface area contributed by atoms with Gasteiger partial charge in [-0.2, -0.15) is 5.10 Å². The minimum atomic E-state index is -0.303. The number of rotatable bonds is 8. The molecule has 0 radical (unpaired) electrons. The summed E-state index contributed by atoms with van der Waals surface area (Å²) in [6.45, 7) is 1.89. The monoisotopic (exact) mass is 608 g/mol. The van der Waals surface area contributed by atoms with Crippen molar-refractivity contribution in [1.29, 1.82) is 0 Å². The lowest BCUT2D eigenvalue weighted by Gasteiger charge is -2.33. The Kier molecular flexibility index (Phi) is 7.62. The zero-order valence-corrected chi connectivity index (χ0v) is 25.4. The summed E-state index contributed by atoms with van der Waals surface area (Å²) >= 11 is 12.6. The molecule has 2 fully saturated rings. The van der Waals surface area contributed by atoms with Crippen molar-refractivity contribution < 1.29 is 4.79 Å². The van der Waals surface area contributed by atoms with Gasteiger partial charge in [-0.3, -0.25) is 9.48 Å². The van der Waals surface area contributed by atoms with Crippen molar-refractivity contribution in [2.24, 2.45) is 5.73 Å². The molecule has 5 nitrogen and oxygen atoms in total. The summed E-state index contributed by atoms with van der Waals surface area (Å²) in [5.74, 6) is 0.126. The normalized spacial score (nSPS) is 15.8. The largest absolute Gasteiger partial charge is 0.371 e. The maximum absolute atomic E-state index is 11.5. The number of hydrogen-bond donors (Lipinski definition) is 1. The van der Waals surface area contributed by atoms with Crippen LogP contribution in [0.4, 0.5) is 5.69 Å². The van der Waals surface area contributed by atoms with Crippen LogP contribution < -0.4 is 10.6 Å². The Bertz CT molecular complexity index is 1720. The highest BCUT2D eigenvalue weighted by molar-refractivity contribution is 6.30. The molecule has 7 rings (SSSR count). The Morgan fingerprint density at radius 2 is 1.44 bits per heavy atom. The smallest absolute Gasteiger partial charge is 0.221 e. The summed E-state index contributed by atoms with van der Waals surface area (Å²) in [6, 6.07) is 32.0. The topological polar surface area (TPSA) is 64.2 Å².